The van der Waals surface area contributed by atoms with Crippen LogP contribution in [0.4, 0.5) is 23.7 Å². The van der Waals surface area contributed by atoms with Crippen LogP contribution in [0.1, 0.15) is 45.5 Å². The summed E-state index contributed by atoms with van der Waals surface area (Å²) in [7, 11) is 0. The molecule has 0 radical (unpaired) electrons. The third kappa shape index (κ3) is 4.24. The van der Waals surface area contributed by atoms with Crippen molar-refractivity contribution in [2.45, 2.75) is 57.9 Å². The Labute approximate surface area is 143 Å². The monoisotopic (exact) mass is 355 g/mol. The van der Waals surface area contributed by atoms with Crippen molar-refractivity contribution in [3.05, 3.63) is 24.0 Å². The van der Waals surface area contributed by atoms with E-state index in [-0.39, 0.29) is 11.9 Å². The Morgan fingerprint density at radius 1 is 1.32 bits per heavy atom. The lowest BCUT2D eigenvalue weighted by Gasteiger charge is -2.19. The number of anilines is 1. The van der Waals surface area contributed by atoms with Crippen LogP contribution in [-0.4, -0.2) is 27.4 Å². The van der Waals surface area contributed by atoms with Gasteiger partial charge in [0.25, 0.3) is 0 Å². The number of aromatic nitrogens is 2. The highest BCUT2D eigenvalue weighted by Crippen LogP contribution is 2.41. The van der Waals surface area contributed by atoms with E-state index in [1.807, 2.05) is 0 Å². The first-order chi connectivity index (χ1) is 11.5. The molecule has 1 aliphatic rings. The molecule has 0 unspecified atom stereocenters. The average Bonchev–Trinajstić information content (AvgIpc) is 3.17. The van der Waals surface area contributed by atoms with Crippen molar-refractivity contribution in [3.8, 4) is 0 Å². The largest absolute Gasteiger partial charge is 0.444 e. The van der Waals surface area contributed by atoms with Gasteiger partial charge in [-0.15, -0.1) is 0 Å². The summed E-state index contributed by atoms with van der Waals surface area (Å²) in [5.41, 5.74) is 0.608. The van der Waals surface area contributed by atoms with E-state index < -0.39 is 24.3 Å². The van der Waals surface area contributed by atoms with Crippen LogP contribution in [-0.2, 0) is 11.2 Å². The topological polar surface area (TPSA) is 56.1 Å². The number of rotatable bonds is 3. The van der Waals surface area contributed by atoms with Crippen LogP contribution in [0.25, 0.3) is 11.0 Å². The van der Waals surface area contributed by atoms with Crippen molar-refractivity contribution in [1.29, 1.82) is 0 Å². The predicted octanol–water partition coefficient (Wildman–Crippen LogP) is 4.82. The summed E-state index contributed by atoms with van der Waals surface area (Å²) in [5.74, 6) is -0.0246. The first-order valence-electron chi connectivity index (χ1n) is 8.10. The summed E-state index contributed by atoms with van der Waals surface area (Å²) in [5, 5.41) is 2.59. The van der Waals surface area contributed by atoms with Crippen LogP contribution >= 0.6 is 0 Å². The number of nitrogens with zero attached hydrogens (tertiary/aromatic N) is 2. The molecule has 0 atom stereocenters. The van der Waals surface area contributed by atoms with Crippen LogP contribution in [0.15, 0.2) is 18.2 Å². The lowest BCUT2D eigenvalue weighted by atomic mass is 10.2. The maximum Gasteiger partial charge on any atom is 0.412 e. The number of benzene rings is 1. The Hall–Kier alpha value is -2.25. The average molecular weight is 355 g/mol. The molecule has 0 spiro atoms. The fourth-order valence-corrected chi connectivity index (χ4v) is 2.72. The van der Waals surface area contributed by atoms with Gasteiger partial charge < -0.3 is 9.30 Å². The van der Waals surface area contributed by atoms with E-state index in [4.69, 9.17) is 4.74 Å². The molecule has 136 valence electrons. The summed E-state index contributed by atoms with van der Waals surface area (Å²) in [4.78, 5) is 16.2. The Balaban J connectivity index is 1.98. The van der Waals surface area contributed by atoms with E-state index in [0.717, 1.165) is 12.8 Å². The van der Waals surface area contributed by atoms with Crippen molar-refractivity contribution in [2.24, 2.45) is 0 Å². The number of amides is 1. The normalized spacial score (nSPS) is 15.4. The van der Waals surface area contributed by atoms with Gasteiger partial charge in [-0.2, -0.15) is 13.2 Å². The van der Waals surface area contributed by atoms with Crippen molar-refractivity contribution in [1.82, 2.24) is 9.55 Å². The summed E-state index contributed by atoms with van der Waals surface area (Å²) in [6.45, 7) is 5.20. The molecule has 1 aromatic carbocycles. The zero-order valence-electron chi connectivity index (χ0n) is 14.3. The highest BCUT2D eigenvalue weighted by molar-refractivity contribution is 5.97. The molecule has 1 aromatic heterocycles. The van der Waals surface area contributed by atoms with E-state index in [1.165, 1.54) is 0 Å². The van der Waals surface area contributed by atoms with Crippen molar-refractivity contribution < 1.29 is 22.7 Å². The number of halogens is 3. The van der Waals surface area contributed by atoms with Crippen LogP contribution in [0.3, 0.4) is 0 Å². The van der Waals surface area contributed by atoms with Crippen LogP contribution in [0.2, 0.25) is 0 Å². The molecular formula is C17H20F3N3O2. The molecule has 1 fully saturated rings. The van der Waals surface area contributed by atoms with Crippen molar-refractivity contribution in [2.75, 3.05) is 5.32 Å². The lowest BCUT2D eigenvalue weighted by Crippen LogP contribution is -2.27. The fourth-order valence-electron chi connectivity index (χ4n) is 2.72. The third-order valence-corrected chi connectivity index (χ3v) is 3.70. The number of imidazole rings is 1. The molecule has 1 aliphatic carbocycles. The number of hydrogen-bond donors (Lipinski definition) is 1. The zero-order chi connectivity index (χ0) is 18.4. The molecule has 1 amide bonds. The summed E-state index contributed by atoms with van der Waals surface area (Å²) in [6, 6.07) is 5.06. The standard InChI is InChI=1S/C17H20F3N3O2/c1-16(2,3)25-15(24)21-11-5-4-6-12-14(11)22-13(9-17(18,19)20)23(12)10-7-8-10/h4-6,10H,7-9H2,1-3H3,(H,21,24). The molecule has 0 bridgehead atoms. The molecular weight excluding hydrogens is 335 g/mol. The molecule has 2 aromatic rings. The SMILES string of the molecule is CC(C)(C)OC(=O)Nc1cccc2c1nc(CC(F)(F)F)n2C1CC1. The van der Waals surface area contributed by atoms with Crippen LogP contribution in [0, 0.1) is 0 Å². The van der Waals surface area contributed by atoms with Crippen LogP contribution < -0.4 is 5.32 Å². The number of nitrogens with one attached hydrogen (secondary N) is 1. The number of para-hydroxylation sites is 1. The van der Waals surface area contributed by atoms with E-state index in [2.05, 4.69) is 10.3 Å². The van der Waals surface area contributed by atoms with Gasteiger partial charge in [-0.25, -0.2) is 9.78 Å². The van der Waals surface area contributed by atoms with Gasteiger partial charge in [0.1, 0.15) is 23.4 Å². The fraction of sp³-hybridized carbons (Fsp3) is 0.529. The van der Waals surface area contributed by atoms with Crippen LogP contribution in [0.5, 0.6) is 0 Å². The molecule has 5 nitrogen and oxygen atoms in total. The minimum atomic E-state index is -4.34. The minimum absolute atomic E-state index is 0.0246. The smallest absolute Gasteiger partial charge is 0.412 e. The number of carbonyl (C=O) groups excluding carboxylic acids is 1. The first kappa shape index (κ1) is 17.6. The molecule has 25 heavy (non-hydrogen) atoms. The van der Waals surface area contributed by atoms with Gasteiger partial charge in [-0.1, -0.05) is 6.07 Å². The Morgan fingerprint density at radius 2 is 2.00 bits per heavy atom. The van der Waals surface area contributed by atoms with Gasteiger partial charge in [0.2, 0.25) is 0 Å². The van der Waals surface area contributed by atoms with E-state index in [0.29, 0.717) is 16.7 Å². The van der Waals surface area contributed by atoms with E-state index in [1.54, 1.807) is 43.5 Å². The zero-order valence-corrected chi connectivity index (χ0v) is 14.3. The Kier molecular flexibility index (Phi) is 4.17. The highest BCUT2D eigenvalue weighted by Gasteiger charge is 2.35. The Bertz CT molecular complexity index is 802. The van der Waals surface area contributed by atoms with Gasteiger partial charge in [-0.05, 0) is 45.7 Å². The summed E-state index contributed by atoms with van der Waals surface area (Å²) in [6.07, 6.45) is -4.44. The van der Waals surface area contributed by atoms with Crippen molar-refractivity contribution >= 4 is 22.8 Å². The van der Waals surface area contributed by atoms with Gasteiger partial charge in [0, 0.05) is 6.04 Å². The lowest BCUT2D eigenvalue weighted by molar-refractivity contribution is -0.128. The minimum Gasteiger partial charge on any atom is -0.444 e. The van der Waals surface area contributed by atoms with E-state index in [9.17, 15) is 18.0 Å². The number of carbonyl (C=O) groups is 1. The second kappa shape index (κ2) is 5.93. The van der Waals surface area contributed by atoms with Gasteiger partial charge in [0.05, 0.1) is 11.2 Å². The molecule has 1 N–H and O–H groups in total. The van der Waals surface area contributed by atoms with E-state index >= 15 is 0 Å². The maximum atomic E-state index is 12.9. The quantitative estimate of drug-likeness (QED) is 0.858. The second-order valence-electron chi connectivity index (χ2n) is 7.22. The third-order valence-electron chi connectivity index (χ3n) is 3.70. The summed E-state index contributed by atoms with van der Waals surface area (Å²) >= 11 is 0. The number of ether oxygens (including phenoxy) is 1. The number of fused-ring (bicyclic) bond motifs is 1. The summed E-state index contributed by atoms with van der Waals surface area (Å²) < 4.78 is 45.5. The second-order valence-corrected chi connectivity index (χ2v) is 7.22. The molecule has 0 saturated heterocycles. The number of hydrogen-bond acceptors (Lipinski definition) is 3. The van der Waals surface area contributed by atoms with Crippen molar-refractivity contribution in [3.63, 3.8) is 0 Å². The first-order valence-corrected chi connectivity index (χ1v) is 8.10. The molecule has 0 aliphatic heterocycles. The molecule has 1 saturated carbocycles. The molecule has 8 heteroatoms. The predicted molar refractivity (Wildman–Crippen MR) is 87.6 cm³/mol. The molecule has 1 heterocycles. The highest BCUT2D eigenvalue weighted by atomic mass is 19.4. The Morgan fingerprint density at radius 3 is 2.56 bits per heavy atom. The van der Waals surface area contributed by atoms with Gasteiger partial charge in [-0.3, -0.25) is 5.32 Å². The van der Waals surface area contributed by atoms with Gasteiger partial charge >= 0.3 is 12.3 Å². The molecule has 3 rings (SSSR count). The number of alkyl halides is 3. The van der Waals surface area contributed by atoms with Gasteiger partial charge in [0.15, 0.2) is 0 Å². The maximum absolute atomic E-state index is 12.9.